The molecule has 0 heterocycles. The molecule has 0 amide bonds. The van der Waals surface area contributed by atoms with Gasteiger partial charge in [0.1, 0.15) is 0 Å². The first kappa shape index (κ1) is 13.6. The van der Waals surface area contributed by atoms with Gasteiger partial charge in [-0.1, -0.05) is 52.0 Å². The Kier molecular flexibility index (Phi) is 3.82. The minimum absolute atomic E-state index is 0.461. The highest BCUT2D eigenvalue weighted by Crippen LogP contribution is 2.63. The monoisotopic (exact) mass is 245 g/mol. The molecular weight excluding hydrogens is 218 g/mol. The molecule has 0 spiro atoms. The van der Waals surface area contributed by atoms with Gasteiger partial charge in [0.2, 0.25) is 0 Å². The molecule has 1 N–H and O–H groups in total. The third-order valence-corrected chi connectivity index (χ3v) is 4.46. The van der Waals surface area contributed by atoms with Crippen LogP contribution in [0.25, 0.3) is 0 Å². The second-order valence-corrected chi connectivity index (χ2v) is 6.80. The zero-order valence-corrected chi connectivity index (χ0v) is 12.5. The first-order valence-electron chi connectivity index (χ1n) is 7.20. The summed E-state index contributed by atoms with van der Waals surface area (Å²) < 4.78 is 0. The van der Waals surface area contributed by atoms with Crippen molar-refractivity contribution in [2.75, 3.05) is 13.6 Å². The number of rotatable bonds is 5. The van der Waals surface area contributed by atoms with Crippen molar-refractivity contribution in [2.45, 2.75) is 40.0 Å². The molecule has 1 heteroatoms. The van der Waals surface area contributed by atoms with Gasteiger partial charge in [0.15, 0.2) is 0 Å². The second kappa shape index (κ2) is 5.05. The fourth-order valence-corrected chi connectivity index (χ4v) is 3.34. The van der Waals surface area contributed by atoms with Crippen molar-refractivity contribution >= 4 is 0 Å². The summed E-state index contributed by atoms with van der Waals surface area (Å²) in [6.45, 7) is 10.5. The van der Waals surface area contributed by atoms with E-state index in [4.69, 9.17) is 0 Å². The summed E-state index contributed by atoms with van der Waals surface area (Å²) >= 11 is 0. The third-order valence-electron chi connectivity index (χ3n) is 4.46. The van der Waals surface area contributed by atoms with E-state index in [0.717, 1.165) is 24.3 Å². The van der Waals surface area contributed by atoms with Crippen LogP contribution in [0.3, 0.4) is 0 Å². The number of hydrogen-bond donors (Lipinski definition) is 1. The highest BCUT2D eigenvalue weighted by Gasteiger charge is 2.57. The van der Waals surface area contributed by atoms with Crippen LogP contribution in [0, 0.1) is 17.3 Å². The first-order valence-corrected chi connectivity index (χ1v) is 7.20. The molecule has 1 aliphatic rings. The minimum Gasteiger partial charge on any atom is -0.319 e. The van der Waals surface area contributed by atoms with Crippen molar-refractivity contribution in [1.29, 1.82) is 0 Å². The first-order chi connectivity index (χ1) is 8.46. The van der Waals surface area contributed by atoms with E-state index in [1.54, 1.807) is 0 Å². The van der Waals surface area contributed by atoms with Gasteiger partial charge in [0.05, 0.1) is 0 Å². The lowest BCUT2D eigenvalue weighted by Crippen LogP contribution is -2.12. The van der Waals surface area contributed by atoms with E-state index in [1.165, 1.54) is 17.5 Å². The van der Waals surface area contributed by atoms with Crippen LogP contribution in [0.1, 0.15) is 44.7 Å². The van der Waals surface area contributed by atoms with Crippen LogP contribution in [-0.4, -0.2) is 13.6 Å². The summed E-state index contributed by atoms with van der Waals surface area (Å²) in [5.41, 5.74) is 3.45. The Morgan fingerprint density at radius 1 is 1.17 bits per heavy atom. The fraction of sp³-hybridized carbons (Fsp3) is 0.647. The molecule has 1 aliphatic carbocycles. The Hall–Kier alpha value is -0.820. The van der Waals surface area contributed by atoms with Crippen molar-refractivity contribution in [3.63, 3.8) is 0 Å². The van der Waals surface area contributed by atoms with Gasteiger partial charge in [-0.25, -0.2) is 0 Å². The highest BCUT2D eigenvalue weighted by atomic mass is 14.9. The molecule has 100 valence electrons. The summed E-state index contributed by atoms with van der Waals surface area (Å²) in [7, 11) is 2.05. The maximum absolute atomic E-state index is 3.32. The second-order valence-electron chi connectivity index (χ2n) is 6.80. The molecule has 0 aromatic heterocycles. The average Bonchev–Trinajstić information content (AvgIpc) is 2.82. The van der Waals surface area contributed by atoms with E-state index in [0.29, 0.717) is 5.41 Å². The van der Waals surface area contributed by atoms with Crippen LogP contribution in [0.5, 0.6) is 0 Å². The SMILES string of the molecule is CNCC1C(c2ccc(CC(C)C)cc2)C1(C)C. The Balaban J connectivity index is 2.07. The highest BCUT2D eigenvalue weighted by molar-refractivity contribution is 5.34. The van der Waals surface area contributed by atoms with Crippen molar-refractivity contribution in [1.82, 2.24) is 5.32 Å². The van der Waals surface area contributed by atoms with Crippen LogP contribution in [0.4, 0.5) is 0 Å². The molecule has 1 fully saturated rings. The molecule has 2 unspecified atom stereocenters. The molecule has 1 nitrogen and oxygen atoms in total. The maximum atomic E-state index is 3.32. The molecule has 18 heavy (non-hydrogen) atoms. The van der Waals surface area contributed by atoms with E-state index < -0.39 is 0 Å². The fourth-order valence-electron chi connectivity index (χ4n) is 3.34. The van der Waals surface area contributed by atoms with Crippen LogP contribution in [-0.2, 0) is 6.42 Å². The Morgan fingerprint density at radius 2 is 1.78 bits per heavy atom. The van der Waals surface area contributed by atoms with Gasteiger partial charge < -0.3 is 5.32 Å². The maximum Gasteiger partial charge on any atom is -0.00121 e. The molecule has 1 saturated carbocycles. The summed E-state index contributed by atoms with van der Waals surface area (Å²) in [6.07, 6.45) is 1.19. The van der Waals surface area contributed by atoms with E-state index in [2.05, 4.69) is 64.3 Å². The number of hydrogen-bond acceptors (Lipinski definition) is 1. The topological polar surface area (TPSA) is 12.0 Å². The Bertz CT molecular complexity index is 389. The summed E-state index contributed by atoms with van der Waals surface area (Å²) in [5.74, 6) is 2.27. The van der Waals surface area contributed by atoms with E-state index in [9.17, 15) is 0 Å². The molecule has 2 rings (SSSR count). The van der Waals surface area contributed by atoms with Crippen LogP contribution in [0.2, 0.25) is 0 Å². The Labute approximate surface area is 112 Å². The predicted octanol–water partition coefficient (Wildman–Crippen LogP) is 3.84. The number of benzene rings is 1. The normalized spacial score (nSPS) is 25.4. The molecule has 0 aliphatic heterocycles. The van der Waals surface area contributed by atoms with E-state index >= 15 is 0 Å². The van der Waals surface area contributed by atoms with Crippen molar-refractivity contribution in [3.05, 3.63) is 35.4 Å². The van der Waals surface area contributed by atoms with Gasteiger partial charge in [-0.2, -0.15) is 0 Å². The smallest absolute Gasteiger partial charge is 0.00121 e. The third kappa shape index (κ3) is 2.61. The predicted molar refractivity (Wildman–Crippen MR) is 78.9 cm³/mol. The van der Waals surface area contributed by atoms with Gasteiger partial charge in [-0.3, -0.25) is 0 Å². The van der Waals surface area contributed by atoms with Gasteiger partial charge >= 0.3 is 0 Å². The number of nitrogens with one attached hydrogen (secondary N) is 1. The summed E-state index contributed by atoms with van der Waals surface area (Å²) in [4.78, 5) is 0. The standard InChI is InChI=1S/C17H27N/c1-12(2)10-13-6-8-14(9-7-13)16-15(11-18-5)17(16,3)4/h6-9,12,15-16,18H,10-11H2,1-5H3. The van der Waals surface area contributed by atoms with Gasteiger partial charge in [0, 0.05) is 0 Å². The molecule has 1 aromatic rings. The van der Waals surface area contributed by atoms with Crippen molar-refractivity contribution in [3.8, 4) is 0 Å². The average molecular weight is 245 g/mol. The quantitative estimate of drug-likeness (QED) is 0.831. The molecular formula is C17H27N. The van der Waals surface area contributed by atoms with Crippen LogP contribution < -0.4 is 5.32 Å². The van der Waals surface area contributed by atoms with Gasteiger partial charge in [0.25, 0.3) is 0 Å². The lowest BCUT2D eigenvalue weighted by molar-refractivity contribution is 0.536. The molecule has 1 aromatic carbocycles. The Morgan fingerprint density at radius 3 is 2.28 bits per heavy atom. The van der Waals surface area contributed by atoms with Crippen molar-refractivity contribution < 1.29 is 0 Å². The lowest BCUT2D eigenvalue weighted by Gasteiger charge is -2.07. The van der Waals surface area contributed by atoms with Crippen molar-refractivity contribution in [2.24, 2.45) is 17.3 Å². The molecule has 0 bridgehead atoms. The van der Waals surface area contributed by atoms with Crippen LogP contribution in [0.15, 0.2) is 24.3 Å². The minimum atomic E-state index is 0.461. The van der Waals surface area contributed by atoms with E-state index in [-0.39, 0.29) is 0 Å². The summed E-state index contributed by atoms with van der Waals surface area (Å²) in [6, 6.07) is 9.33. The molecule has 2 atom stereocenters. The summed E-state index contributed by atoms with van der Waals surface area (Å²) in [5, 5.41) is 3.32. The van der Waals surface area contributed by atoms with Gasteiger partial charge in [-0.05, 0) is 54.3 Å². The lowest BCUT2D eigenvalue weighted by atomic mass is 9.98. The zero-order chi connectivity index (χ0) is 13.3. The zero-order valence-electron chi connectivity index (χ0n) is 12.5. The van der Waals surface area contributed by atoms with Gasteiger partial charge in [-0.15, -0.1) is 0 Å². The van der Waals surface area contributed by atoms with E-state index in [1.807, 2.05) is 0 Å². The molecule has 0 saturated heterocycles. The largest absolute Gasteiger partial charge is 0.319 e. The van der Waals surface area contributed by atoms with Crippen LogP contribution >= 0.6 is 0 Å². The molecule has 0 radical (unpaired) electrons.